The molecule has 129 valence electrons. The molecular formula is C21H31ORu. The molecule has 23 heavy (non-hydrogen) atoms. The first-order valence-corrected chi connectivity index (χ1v) is 11.3. The third-order valence-electron chi connectivity index (χ3n) is 3.22. The molecule has 0 aliphatic heterocycles. The first-order chi connectivity index (χ1) is 10.9. The molecule has 0 aromatic heterocycles. The van der Waals surface area contributed by atoms with E-state index in [1.165, 1.54) is 27.2 Å². The van der Waals surface area contributed by atoms with Gasteiger partial charge in [-0.2, -0.15) is 0 Å². The summed E-state index contributed by atoms with van der Waals surface area (Å²) >= 11 is -1.44. The van der Waals surface area contributed by atoms with Crippen molar-refractivity contribution in [2.75, 3.05) is 0 Å². The summed E-state index contributed by atoms with van der Waals surface area (Å²) in [5, 5.41) is 1.91. The summed E-state index contributed by atoms with van der Waals surface area (Å²) in [6.45, 7) is 12.5. The van der Waals surface area contributed by atoms with Crippen LogP contribution in [0.4, 0.5) is 0 Å². The fourth-order valence-electron chi connectivity index (χ4n) is 1.61. The number of rotatable bonds is 9. The molecule has 0 rings (SSSR count). The summed E-state index contributed by atoms with van der Waals surface area (Å²) in [5.74, 6) is 0. The first kappa shape index (κ1) is 21.7. The Bertz CT molecular complexity index is 496. The van der Waals surface area contributed by atoms with Gasteiger partial charge in [0, 0.05) is 0 Å². The summed E-state index contributed by atoms with van der Waals surface area (Å²) in [6.07, 6.45) is 16.8. The SMILES string of the molecule is CC=C(C)C=CC=C(C)[CH2][Ru]([CH]=O)[CH2]C(C)=CC=CC(C)=CC. The van der Waals surface area contributed by atoms with Crippen molar-refractivity contribution in [2.45, 2.75) is 51.6 Å². The van der Waals surface area contributed by atoms with E-state index in [1.54, 1.807) is 0 Å². The van der Waals surface area contributed by atoms with Gasteiger partial charge in [-0.15, -0.1) is 0 Å². The van der Waals surface area contributed by atoms with Crippen LogP contribution in [0.5, 0.6) is 0 Å². The van der Waals surface area contributed by atoms with Gasteiger partial charge in [-0.1, -0.05) is 0 Å². The zero-order chi connectivity index (χ0) is 17.7. The van der Waals surface area contributed by atoms with Gasteiger partial charge in [0.25, 0.3) is 0 Å². The molecule has 0 spiro atoms. The fourth-order valence-corrected chi connectivity index (χ4v) is 5.02. The van der Waals surface area contributed by atoms with E-state index in [9.17, 15) is 4.79 Å². The Kier molecular flexibility index (Phi) is 12.5. The maximum atomic E-state index is 11.4. The van der Waals surface area contributed by atoms with Crippen LogP contribution in [0.2, 0.25) is 10.0 Å². The second-order valence-electron chi connectivity index (χ2n) is 5.61. The Labute approximate surface area is 148 Å². The molecule has 0 aromatic rings. The number of allylic oxidation sites excluding steroid dienone is 12. The van der Waals surface area contributed by atoms with E-state index in [-0.39, 0.29) is 0 Å². The molecule has 0 fully saturated rings. The zero-order valence-corrected chi connectivity index (χ0v) is 17.1. The van der Waals surface area contributed by atoms with Crippen LogP contribution < -0.4 is 0 Å². The van der Waals surface area contributed by atoms with Crippen LogP contribution in [0.15, 0.2) is 70.9 Å². The second-order valence-corrected chi connectivity index (χ2v) is 9.54. The summed E-state index contributed by atoms with van der Waals surface area (Å²) in [4.78, 5) is 12.6. The second kappa shape index (κ2) is 13.2. The number of hydrogen-bond donors (Lipinski definition) is 0. The molecule has 0 aromatic carbocycles. The number of carbonyl (C=O) groups is 1. The predicted molar refractivity (Wildman–Crippen MR) is 101 cm³/mol. The normalized spacial score (nSPS) is 15.7. The first-order valence-electron chi connectivity index (χ1n) is 7.87. The van der Waals surface area contributed by atoms with Crippen LogP contribution in [-0.2, 0) is 20.7 Å². The van der Waals surface area contributed by atoms with Gasteiger partial charge in [0.1, 0.15) is 0 Å². The summed E-state index contributed by atoms with van der Waals surface area (Å²) in [7, 11) is 0. The Morgan fingerprint density at radius 1 is 0.783 bits per heavy atom. The van der Waals surface area contributed by atoms with E-state index in [0.717, 1.165) is 10.0 Å². The van der Waals surface area contributed by atoms with E-state index < -0.39 is 16.0 Å². The quantitative estimate of drug-likeness (QED) is 0.243. The van der Waals surface area contributed by atoms with E-state index in [0.29, 0.717) is 0 Å². The van der Waals surface area contributed by atoms with E-state index in [2.05, 4.69) is 76.3 Å². The molecule has 0 N–H and O–H groups in total. The molecule has 2 heteroatoms. The zero-order valence-electron chi connectivity index (χ0n) is 15.4. The Hall–Kier alpha value is -1.27. The van der Waals surface area contributed by atoms with E-state index in [4.69, 9.17) is 0 Å². The molecular weight excluding hydrogens is 369 g/mol. The standard InChI is InChI=1S/2C10H15.CHO.Ru/c2*1-5-10(4)8-6-7-9(2)3;1-2;/h2*5-8H,2H2,1,3-4H3;1H;. The molecule has 0 atom stereocenters. The molecule has 0 aliphatic rings. The van der Waals surface area contributed by atoms with Crippen LogP contribution in [-0.4, -0.2) is 4.88 Å². The molecule has 0 radical (unpaired) electrons. The Balaban J connectivity index is 4.63. The number of hydrogen-bond acceptors (Lipinski definition) is 1. The Morgan fingerprint density at radius 3 is 1.48 bits per heavy atom. The van der Waals surface area contributed by atoms with Gasteiger partial charge in [-0.3, -0.25) is 0 Å². The number of carbonyl (C=O) groups excluding carboxylic acids is 1. The van der Waals surface area contributed by atoms with Crippen molar-refractivity contribution in [2.24, 2.45) is 0 Å². The van der Waals surface area contributed by atoms with Crippen LogP contribution in [0.3, 0.4) is 0 Å². The van der Waals surface area contributed by atoms with Crippen LogP contribution in [0, 0.1) is 0 Å². The van der Waals surface area contributed by atoms with Crippen molar-refractivity contribution in [3.8, 4) is 0 Å². The average Bonchev–Trinajstić information content (AvgIpc) is 2.53. The van der Waals surface area contributed by atoms with Crippen molar-refractivity contribution in [1.82, 2.24) is 0 Å². The van der Waals surface area contributed by atoms with Gasteiger partial charge in [0.15, 0.2) is 0 Å². The topological polar surface area (TPSA) is 17.1 Å². The van der Waals surface area contributed by atoms with Gasteiger partial charge >= 0.3 is 148 Å². The van der Waals surface area contributed by atoms with Gasteiger partial charge in [0.2, 0.25) is 0 Å². The van der Waals surface area contributed by atoms with Crippen molar-refractivity contribution >= 4 is 4.88 Å². The van der Waals surface area contributed by atoms with Crippen LogP contribution in [0.1, 0.15) is 41.5 Å². The minimum atomic E-state index is -1.44. The van der Waals surface area contributed by atoms with Gasteiger partial charge in [-0.25, -0.2) is 0 Å². The van der Waals surface area contributed by atoms with Gasteiger partial charge in [0.05, 0.1) is 0 Å². The molecule has 0 bridgehead atoms. The molecule has 1 nitrogen and oxygen atoms in total. The Morgan fingerprint density at radius 2 is 1.17 bits per heavy atom. The van der Waals surface area contributed by atoms with Crippen molar-refractivity contribution in [3.05, 3.63) is 70.9 Å². The van der Waals surface area contributed by atoms with Crippen molar-refractivity contribution < 1.29 is 20.7 Å². The summed E-state index contributed by atoms with van der Waals surface area (Å²) in [5.41, 5.74) is 5.09. The maximum absolute atomic E-state index is 11.4. The minimum absolute atomic E-state index is 0.954. The third kappa shape index (κ3) is 11.9. The summed E-state index contributed by atoms with van der Waals surface area (Å²) in [6, 6.07) is 0. The summed E-state index contributed by atoms with van der Waals surface area (Å²) < 4.78 is 0. The fraction of sp³-hybridized carbons (Fsp3) is 0.381. The van der Waals surface area contributed by atoms with Crippen LogP contribution in [0.25, 0.3) is 0 Å². The molecule has 0 unspecified atom stereocenters. The molecule has 0 saturated heterocycles. The molecule has 0 aliphatic carbocycles. The third-order valence-corrected chi connectivity index (χ3v) is 7.32. The van der Waals surface area contributed by atoms with Gasteiger partial charge in [-0.05, 0) is 0 Å². The monoisotopic (exact) mass is 401 g/mol. The van der Waals surface area contributed by atoms with Gasteiger partial charge < -0.3 is 0 Å². The van der Waals surface area contributed by atoms with E-state index in [1.807, 2.05) is 13.8 Å². The molecule has 0 saturated carbocycles. The molecule has 0 heterocycles. The predicted octanol–water partition coefficient (Wildman–Crippen LogP) is 6.57. The average molecular weight is 401 g/mol. The molecule has 0 amide bonds. The van der Waals surface area contributed by atoms with Crippen LogP contribution >= 0.6 is 0 Å². The van der Waals surface area contributed by atoms with Crippen molar-refractivity contribution in [3.63, 3.8) is 0 Å². The van der Waals surface area contributed by atoms with E-state index >= 15 is 0 Å². The van der Waals surface area contributed by atoms with Crippen molar-refractivity contribution in [1.29, 1.82) is 0 Å².